The van der Waals surface area contributed by atoms with Gasteiger partial charge in [-0.05, 0) is 49.1 Å². The van der Waals surface area contributed by atoms with E-state index >= 15 is 0 Å². The summed E-state index contributed by atoms with van der Waals surface area (Å²) in [7, 11) is -3.84. The average molecular weight is 579 g/mol. The molecule has 0 heterocycles. The lowest BCUT2D eigenvalue weighted by Crippen LogP contribution is -2.49. The zero-order chi connectivity index (χ0) is 27.8. The van der Waals surface area contributed by atoms with Crippen molar-refractivity contribution in [1.82, 2.24) is 10.2 Å². The van der Waals surface area contributed by atoms with E-state index in [0.717, 1.165) is 35.2 Å². The maximum absolute atomic E-state index is 13.7. The van der Waals surface area contributed by atoms with Crippen LogP contribution in [-0.4, -0.2) is 50.5 Å². The van der Waals surface area contributed by atoms with Crippen LogP contribution >= 0.6 is 23.2 Å². The van der Waals surface area contributed by atoms with Gasteiger partial charge in [0.05, 0.1) is 22.0 Å². The van der Waals surface area contributed by atoms with Gasteiger partial charge >= 0.3 is 0 Å². The van der Waals surface area contributed by atoms with E-state index in [9.17, 15) is 26.8 Å². The molecular weight excluding hydrogens is 547 g/mol. The fraction of sp³-hybridized carbons (Fsp3) is 0.440. The van der Waals surface area contributed by atoms with Gasteiger partial charge in [-0.1, -0.05) is 43.1 Å². The van der Waals surface area contributed by atoms with Gasteiger partial charge in [0.2, 0.25) is 21.8 Å². The molecule has 2 aromatic rings. The van der Waals surface area contributed by atoms with Crippen molar-refractivity contribution in [3.8, 4) is 0 Å². The first-order chi connectivity index (χ1) is 17.4. The van der Waals surface area contributed by atoms with Crippen LogP contribution < -0.4 is 9.62 Å². The summed E-state index contributed by atoms with van der Waals surface area (Å²) >= 11 is 12.1. The third kappa shape index (κ3) is 8.83. The number of halogens is 4. The molecule has 0 aliphatic heterocycles. The number of hydrogen-bond donors (Lipinski definition) is 1. The molecule has 0 unspecified atom stereocenters. The smallest absolute Gasteiger partial charge is 0.242 e. The molecule has 1 N–H and O–H groups in total. The van der Waals surface area contributed by atoms with Gasteiger partial charge in [0.1, 0.15) is 6.04 Å². The summed E-state index contributed by atoms with van der Waals surface area (Å²) in [6.07, 6.45) is 2.02. The number of nitrogens with one attached hydrogen (secondary N) is 1. The molecule has 0 spiro atoms. The minimum absolute atomic E-state index is 0.0492. The van der Waals surface area contributed by atoms with Gasteiger partial charge < -0.3 is 10.2 Å². The number of amides is 2. The van der Waals surface area contributed by atoms with E-state index < -0.39 is 27.7 Å². The number of nitrogens with zero attached hydrogens (tertiary/aromatic N) is 2. The molecule has 2 rings (SSSR count). The van der Waals surface area contributed by atoms with Crippen molar-refractivity contribution in [2.24, 2.45) is 0 Å². The Kier molecular flexibility index (Phi) is 11.6. The van der Waals surface area contributed by atoms with E-state index in [2.05, 4.69) is 5.32 Å². The predicted molar refractivity (Wildman–Crippen MR) is 142 cm³/mol. The maximum atomic E-state index is 13.7. The van der Waals surface area contributed by atoms with E-state index in [0.29, 0.717) is 28.6 Å². The van der Waals surface area contributed by atoms with Gasteiger partial charge in [-0.2, -0.15) is 0 Å². The summed E-state index contributed by atoms with van der Waals surface area (Å²) < 4.78 is 52.6. The Morgan fingerprint density at radius 1 is 1.03 bits per heavy atom. The minimum atomic E-state index is -3.84. The van der Waals surface area contributed by atoms with Crippen molar-refractivity contribution in [3.05, 3.63) is 63.6 Å². The quantitative estimate of drug-likeness (QED) is 0.356. The molecule has 0 bridgehead atoms. The number of benzene rings is 2. The topological polar surface area (TPSA) is 86.8 Å². The molecule has 0 fully saturated rings. The molecule has 12 heteroatoms. The molecular formula is C25H31Cl2F2N3O4S. The van der Waals surface area contributed by atoms with Crippen LogP contribution in [0.2, 0.25) is 10.0 Å². The monoisotopic (exact) mass is 577 g/mol. The van der Waals surface area contributed by atoms with Crippen LogP contribution in [0.5, 0.6) is 0 Å². The van der Waals surface area contributed by atoms with Gasteiger partial charge in [-0.15, -0.1) is 0 Å². The highest BCUT2D eigenvalue weighted by Gasteiger charge is 2.29. The van der Waals surface area contributed by atoms with Crippen molar-refractivity contribution in [2.45, 2.75) is 52.1 Å². The van der Waals surface area contributed by atoms with Crippen molar-refractivity contribution in [2.75, 3.05) is 23.7 Å². The molecule has 1 atom stereocenters. The first-order valence-electron chi connectivity index (χ1n) is 11.8. The lowest BCUT2D eigenvalue weighted by Gasteiger charge is -2.31. The fourth-order valence-electron chi connectivity index (χ4n) is 3.76. The fourth-order valence-corrected chi connectivity index (χ4v) is 5.04. The van der Waals surface area contributed by atoms with Crippen molar-refractivity contribution in [3.63, 3.8) is 0 Å². The highest BCUT2D eigenvalue weighted by atomic mass is 35.5. The molecule has 204 valence electrons. The zero-order valence-electron chi connectivity index (χ0n) is 20.9. The molecule has 0 saturated heterocycles. The van der Waals surface area contributed by atoms with Crippen molar-refractivity contribution in [1.29, 1.82) is 0 Å². The lowest BCUT2D eigenvalue weighted by atomic mass is 10.1. The molecule has 2 aromatic carbocycles. The summed E-state index contributed by atoms with van der Waals surface area (Å²) in [6, 6.07) is 6.96. The Morgan fingerprint density at radius 2 is 1.73 bits per heavy atom. The SMILES string of the molecule is CCCNC(=O)[C@@H](CC)N(Cc1ccc(Cl)c(Cl)c1)C(=O)CCCN(c1ccc(F)c(F)c1)S(C)(=O)=O. The van der Waals surface area contributed by atoms with E-state index in [1.54, 1.807) is 25.1 Å². The van der Waals surface area contributed by atoms with E-state index in [-0.39, 0.29) is 43.4 Å². The Balaban J connectivity index is 2.24. The summed E-state index contributed by atoms with van der Waals surface area (Å²) in [5.74, 6) is -2.95. The highest BCUT2D eigenvalue weighted by molar-refractivity contribution is 7.92. The molecule has 0 aliphatic carbocycles. The second-order valence-corrected chi connectivity index (χ2v) is 11.2. The van der Waals surface area contributed by atoms with Gasteiger partial charge in [0.15, 0.2) is 11.6 Å². The van der Waals surface area contributed by atoms with E-state index in [1.165, 1.54) is 4.90 Å². The average Bonchev–Trinajstić information content (AvgIpc) is 2.83. The molecule has 0 aliphatic rings. The molecule has 0 saturated carbocycles. The number of carbonyl (C=O) groups excluding carboxylic acids is 2. The molecule has 0 aromatic heterocycles. The third-order valence-corrected chi connectivity index (χ3v) is 7.55. The third-order valence-electron chi connectivity index (χ3n) is 5.62. The predicted octanol–water partition coefficient (Wildman–Crippen LogP) is 5.15. The number of rotatable bonds is 13. The number of hydrogen-bond acceptors (Lipinski definition) is 4. The zero-order valence-corrected chi connectivity index (χ0v) is 23.3. The van der Waals surface area contributed by atoms with Crippen LogP contribution in [0, 0.1) is 11.6 Å². The van der Waals surface area contributed by atoms with Crippen molar-refractivity contribution < 1.29 is 26.8 Å². The van der Waals surface area contributed by atoms with Crippen LogP contribution in [0.15, 0.2) is 36.4 Å². The van der Waals surface area contributed by atoms with E-state index in [4.69, 9.17) is 23.2 Å². The second kappa shape index (κ2) is 13.9. The van der Waals surface area contributed by atoms with Crippen LogP contribution in [0.1, 0.15) is 45.1 Å². The summed E-state index contributed by atoms with van der Waals surface area (Å²) in [4.78, 5) is 27.6. The first-order valence-corrected chi connectivity index (χ1v) is 14.4. The lowest BCUT2D eigenvalue weighted by molar-refractivity contribution is -0.141. The summed E-state index contributed by atoms with van der Waals surface area (Å²) in [5, 5.41) is 3.48. The van der Waals surface area contributed by atoms with E-state index in [1.807, 2.05) is 6.92 Å². The van der Waals surface area contributed by atoms with Gasteiger partial charge in [0, 0.05) is 32.1 Å². The molecule has 37 heavy (non-hydrogen) atoms. The van der Waals surface area contributed by atoms with Crippen LogP contribution in [0.4, 0.5) is 14.5 Å². The van der Waals surface area contributed by atoms with Crippen LogP contribution in [-0.2, 0) is 26.2 Å². The molecule has 2 amide bonds. The maximum Gasteiger partial charge on any atom is 0.242 e. The molecule has 7 nitrogen and oxygen atoms in total. The van der Waals surface area contributed by atoms with Gasteiger partial charge in [0.25, 0.3) is 0 Å². The minimum Gasteiger partial charge on any atom is -0.354 e. The number of carbonyl (C=O) groups is 2. The largest absolute Gasteiger partial charge is 0.354 e. The summed E-state index contributed by atoms with van der Waals surface area (Å²) in [5.41, 5.74) is 0.621. The first kappa shape index (κ1) is 30.8. The van der Waals surface area contributed by atoms with Gasteiger partial charge in [-0.3, -0.25) is 13.9 Å². The van der Waals surface area contributed by atoms with Crippen LogP contribution in [0.3, 0.4) is 0 Å². The second-order valence-electron chi connectivity index (χ2n) is 8.52. The Labute approximate surface area is 226 Å². The number of sulfonamides is 1. The summed E-state index contributed by atoms with van der Waals surface area (Å²) in [6.45, 7) is 4.11. The standard InChI is InChI=1S/C25H31Cl2F2N3O4S/c1-4-12-30-25(34)23(5-2)31(16-17-8-10-19(26)20(27)14-17)24(33)7-6-13-32(37(3,35)36)18-9-11-21(28)22(29)15-18/h8-11,14-15,23H,4-7,12-13,16H2,1-3H3,(H,30,34)/t23-/m1/s1. The Bertz CT molecular complexity index is 1210. The van der Waals surface area contributed by atoms with Crippen LogP contribution in [0.25, 0.3) is 0 Å². The highest BCUT2D eigenvalue weighted by Crippen LogP contribution is 2.25. The Morgan fingerprint density at radius 3 is 2.30 bits per heavy atom. The van der Waals surface area contributed by atoms with Gasteiger partial charge in [-0.25, -0.2) is 17.2 Å². The van der Waals surface area contributed by atoms with Crippen molar-refractivity contribution >= 4 is 50.7 Å². The molecule has 0 radical (unpaired) electrons. The Hall–Kier alpha value is -2.43. The number of anilines is 1. The normalized spacial score (nSPS) is 12.2.